The van der Waals surface area contributed by atoms with Gasteiger partial charge in [-0.2, -0.15) is 0 Å². The molecule has 0 spiro atoms. The van der Waals surface area contributed by atoms with Crippen molar-refractivity contribution in [1.29, 1.82) is 0 Å². The van der Waals surface area contributed by atoms with Gasteiger partial charge in [0, 0.05) is 14.1 Å². The minimum Gasteiger partial charge on any atom is -0.358 e. The zero-order valence-corrected chi connectivity index (χ0v) is 8.93. The fourth-order valence-electron chi connectivity index (χ4n) is 0.955. The predicted octanol–water partition coefficient (Wildman–Crippen LogP) is 0.566. The van der Waals surface area contributed by atoms with Gasteiger partial charge in [0.1, 0.15) is 0 Å². The summed E-state index contributed by atoms with van der Waals surface area (Å²) in [4.78, 5) is 24.7. The number of nitrogens with one attached hydrogen (secondary N) is 1. The molecule has 0 aliphatic rings. The maximum atomic E-state index is 11.6. The first kappa shape index (κ1) is 10.7. The Kier molecular flexibility index (Phi) is 3.64. The van der Waals surface area contributed by atoms with Crippen molar-refractivity contribution in [3.63, 3.8) is 0 Å². The van der Waals surface area contributed by atoms with Crippen molar-refractivity contribution in [2.45, 2.75) is 0 Å². The van der Waals surface area contributed by atoms with E-state index in [-0.39, 0.29) is 18.4 Å². The summed E-state index contributed by atoms with van der Waals surface area (Å²) in [5.41, 5.74) is 0. The lowest BCUT2D eigenvalue weighted by atomic mass is 10.4. The van der Waals surface area contributed by atoms with Crippen LogP contribution in [0.25, 0.3) is 0 Å². The Morgan fingerprint density at radius 2 is 2.29 bits per heavy atom. The van der Waals surface area contributed by atoms with Crippen molar-refractivity contribution in [2.75, 3.05) is 20.6 Å². The highest BCUT2D eigenvalue weighted by molar-refractivity contribution is 7.12. The summed E-state index contributed by atoms with van der Waals surface area (Å²) in [5.74, 6) is -0.291. The van der Waals surface area contributed by atoms with E-state index in [1.165, 1.54) is 16.2 Å². The number of nitrogens with zero attached hydrogens (tertiary/aromatic N) is 1. The SMILES string of the molecule is CNC(=O)CN(C)C(=O)c1cccs1. The molecule has 2 amide bonds. The summed E-state index contributed by atoms with van der Waals surface area (Å²) in [6.07, 6.45) is 0. The number of hydrogen-bond acceptors (Lipinski definition) is 3. The average molecular weight is 212 g/mol. The van der Waals surface area contributed by atoms with Crippen molar-refractivity contribution >= 4 is 23.2 Å². The van der Waals surface area contributed by atoms with Gasteiger partial charge < -0.3 is 10.2 Å². The number of carbonyl (C=O) groups excluding carboxylic acids is 2. The third-order valence-corrected chi connectivity index (χ3v) is 2.60. The summed E-state index contributed by atoms with van der Waals surface area (Å²) >= 11 is 1.37. The van der Waals surface area contributed by atoms with Crippen LogP contribution in [0.5, 0.6) is 0 Å². The van der Waals surface area contributed by atoms with Gasteiger partial charge in [0.2, 0.25) is 5.91 Å². The maximum absolute atomic E-state index is 11.6. The molecule has 0 aliphatic heterocycles. The number of thiophene rings is 1. The average Bonchev–Trinajstić information content (AvgIpc) is 2.69. The van der Waals surface area contributed by atoms with Crippen LogP contribution in [0.3, 0.4) is 0 Å². The van der Waals surface area contributed by atoms with E-state index in [9.17, 15) is 9.59 Å². The van der Waals surface area contributed by atoms with Gasteiger partial charge in [-0.15, -0.1) is 11.3 Å². The number of hydrogen-bond donors (Lipinski definition) is 1. The highest BCUT2D eigenvalue weighted by Gasteiger charge is 2.14. The van der Waals surface area contributed by atoms with Crippen LogP contribution in [-0.4, -0.2) is 37.4 Å². The third kappa shape index (κ3) is 2.56. The number of amides is 2. The molecule has 0 radical (unpaired) electrons. The standard InChI is InChI=1S/C9H12N2O2S/c1-10-8(12)6-11(2)9(13)7-4-3-5-14-7/h3-5H,6H2,1-2H3,(H,10,12). The molecule has 1 N–H and O–H groups in total. The van der Waals surface area contributed by atoms with Crippen LogP contribution < -0.4 is 5.32 Å². The van der Waals surface area contributed by atoms with Crippen LogP contribution in [0.15, 0.2) is 17.5 Å². The van der Waals surface area contributed by atoms with Gasteiger partial charge in [-0.3, -0.25) is 9.59 Å². The molecule has 14 heavy (non-hydrogen) atoms. The smallest absolute Gasteiger partial charge is 0.264 e. The fraction of sp³-hybridized carbons (Fsp3) is 0.333. The van der Waals surface area contributed by atoms with Gasteiger partial charge in [0.05, 0.1) is 11.4 Å². The Morgan fingerprint density at radius 1 is 1.57 bits per heavy atom. The van der Waals surface area contributed by atoms with Crippen molar-refractivity contribution in [1.82, 2.24) is 10.2 Å². The second kappa shape index (κ2) is 4.76. The Morgan fingerprint density at radius 3 is 2.79 bits per heavy atom. The molecule has 1 aromatic rings. The molecule has 0 saturated heterocycles. The molecular weight excluding hydrogens is 200 g/mol. The summed E-state index contributed by atoms with van der Waals surface area (Å²) < 4.78 is 0. The second-order valence-corrected chi connectivity index (χ2v) is 3.76. The van der Waals surface area contributed by atoms with Gasteiger partial charge in [-0.25, -0.2) is 0 Å². The first-order valence-electron chi connectivity index (χ1n) is 4.14. The van der Waals surface area contributed by atoms with E-state index in [1.54, 1.807) is 20.2 Å². The first-order chi connectivity index (χ1) is 6.65. The zero-order valence-electron chi connectivity index (χ0n) is 8.11. The van der Waals surface area contributed by atoms with Crippen molar-refractivity contribution in [3.8, 4) is 0 Å². The number of rotatable bonds is 3. The Bertz CT molecular complexity index is 322. The first-order valence-corrected chi connectivity index (χ1v) is 5.02. The van der Waals surface area contributed by atoms with Crippen molar-refractivity contribution in [3.05, 3.63) is 22.4 Å². The minimum absolute atomic E-state index is 0.0905. The van der Waals surface area contributed by atoms with Crippen LogP contribution in [0.1, 0.15) is 9.67 Å². The lowest BCUT2D eigenvalue weighted by Gasteiger charge is -2.14. The second-order valence-electron chi connectivity index (χ2n) is 2.81. The molecule has 1 rings (SSSR count). The highest BCUT2D eigenvalue weighted by Crippen LogP contribution is 2.10. The largest absolute Gasteiger partial charge is 0.358 e. The fourth-order valence-corrected chi connectivity index (χ4v) is 1.67. The van der Waals surface area contributed by atoms with E-state index in [0.717, 1.165) is 0 Å². The van der Waals surface area contributed by atoms with E-state index in [4.69, 9.17) is 0 Å². The van der Waals surface area contributed by atoms with Crippen LogP contribution in [-0.2, 0) is 4.79 Å². The predicted molar refractivity (Wildman–Crippen MR) is 55.3 cm³/mol. The van der Waals surface area contributed by atoms with Gasteiger partial charge in [0.25, 0.3) is 5.91 Å². The molecule has 1 heterocycles. The molecule has 0 atom stereocenters. The summed E-state index contributed by atoms with van der Waals surface area (Å²) in [6, 6.07) is 3.55. The van der Waals surface area contributed by atoms with Crippen LogP contribution in [0.2, 0.25) is 0 Å². The van der Waals surface area contributed by atoms with Crippen molar-refractivity contribution in [2.24, 2.45) is 0 Å². The van der Waals surface area contributed by atoms with Crippen LogP contribution in [0.4, 0.5) is 0 Å². The number of likely N-dealkylation sites (N-methyl/N-ethyl adjacent to an activating group) is 2. The normalized spacial score (nSPS) is 9.57. The summed E-state index contributed by atoms with van der Waals surface area (Å²) in [5, 5.41) is 4.30. The van der Waals surface area contributed by atoms with E-state index in [1.807, 2.05) is 11.4 Å². The van der Waals surface area contributed by atoms with E-state index < -0.39 is 0 Å². The van der Waals surface area contributed by atoms with Gasteiger partial charge in [-0.05, 0) is 11.4 Å². The van der Waals surface area contributed by atoms with E-state index in [0.29, 0.717) is 4.88 Å². The maximum Gasteiger partial charge on any atom is 0.264 e. The molecular formula is C9H12N2O2S. The molecule has 0 bridgehead atoms. The highest BCUT2D eigenvalue weighted by atomic mass is 32.1. The van der Waals surface area contributed by atoms with Crippen LogP contribution in [0, 0.1) is 0 Å². The summed E-state index contributed by atoms with van der Waals surface area (Å²) in [6.45, 7) is 0.0905. The molecule has 0 aliphatic carbocycles. The lowest BCUT2D eigenvalue weighted by molar-refractivity contribution is -0.121. The molecule has 0 saturated carbocycles. The van der Waals surface area contributed by atoms with Gasteiger partial charge in [-0.1, -0.05) is 6.07 Å². The minimum atomic E-state index is -0.169. The molecule has 5 heteroatoms. The Labute approximate surface area is 86.5 Å². The topological polar surface area (TPSA) is 49.4 Å². The lowest BCUT2D eigenvalue weighted by Crippen LogP contribution is -2.36. The molecule has 1 aromatic heterocycles. The zero-order chi connectivity index (χ0) is 10.6. The third-order valence-electron chi connectivity index (χ3n) is 1.74. The monoisotopic (exact) mass is 212 g/mol. The van der Waals surface area contributed by atoms with Gasteiger partial charge >= 0.3 is 0 Å². The molecule has 0 aromatic carbocycles. The molecule has 0 fully saturated rings. The Hall–Kier alpha value is -1.36. The molecule has 76 valence electrons. The number of carbonyl (C=O) groups is 2. The van der Waals surface area contributed by atoms with Crippen molar-refractivity contribution < 1.29 is 9.59 Å². The van der Waals surface area contributed by atoms with Crippen LogP contribution >= 0.6 is 11.3 Å². The molecule has 4 nitrogen and oxygen atoms in total. The van der Waals surface area contributed by atoms with E-state index in [2.05, 4.69) is 5.32 Å². The quantitative estimate of drug-likeness (QED) is 0.796. The van der Waals surface area contributed by atoms with Gasteiger partial charge in [0.15, 0.2) is 0 Å². The molecule has 0 unspecified atom stereocenters. The Balaban J connectivity index is 2.58. The van der Waals surface area contributed by atoms with E-state index >= 15 is 0 Å². The summed E-state index contributed by atoms with van der Waals surface area (Å²) in [7, 11) is 3.16.